The van der Waals surface area contributed by atoms with Crippen LogP contribution < -0.4 is 25.3 Å². The first kappa shape index (κ1) is 20.3. The molecule has 1 unspecified atom stereocenters. The Bertz CT molecular complexity index is 569. The molecule has 3 N–H and O–H groups in total. The van der Waals surface area contributed by atoms with Gasteiger partial charge in [-0.1, -0.05) is 6.42 Å². The molecule has 146 valence electrons. The van der Waals surface area contributed by atoms with Crippen molar-refractivity contribution in [2.75, 3.05) is 41.0 Å². The molecule has 0 saturated carbocycles. The molecule has 1 saturated heterocycles. The van der Waals surface area contributed by atoms with E-state index in [1.54, 1.807) is 21.3 Å². The third kappa shape index (κ3) is 5.25. The summed E-state index contributed by atoms with van der Waals surface area (Å²) in [7, 11) is 4.85. The molecule has 1 fully saturated rings. The lowest BCUT2D eigenvalue weighted by atomic mass is 10.0. The average Bonchev–Trinajstić information content (AvgIpc) is 2.66. The predicted molar refractivity (Wildman–Crippen MR) is 101 cm³/mol. The Hall–Kier alpha value is -1.99. The summed E-state index contributed by atoms with van der Waals surface area (Å²) >= 11 is 0. The number of nitrogens with zero attached hydrogens (tertiary/aromatic N) is 1. The van der Waals surface area contributed by atoms with E-state index in [4.69, 9.17) is 19.9 Å². The minimum Gasteiger partial charge on any atom is -0.493 e. The van der Waals surface area contributed by atoms with E-state index in [0.717, 1.165) is 31.5 Å². The molecule has 1 aromatic rings. The van der Waals surface area contributed by atoms with Crippen molar-refractivity contribution in [2.45, 2.75) is 38.3 Å². The Morgan fingerprint density at radius 3 is 2.46 bits per heavy atom. The van der Waals surface area contributed by atoms with Gasteiger partial charge < -0.3 is 25.3 Å². The molecule has 1 aromatic carbocycles. The van der Waals surface area contributed by atoms with Crippen molar-refractivity contribution in [3.63, 3.8) is 0 Å². The second-order valence-electron chi connectivity index (χ2n) is 6.50. The fourth-order valence-electron chi connectivity index (χ4n) is 3.41. The minimum atomic E-state index is 0.0193. The second-order valence-corrected chi connectivity index (χ2v) is 6.50. The lowest BCUT2D eigenvalue weighted by Crippen LogP contribution is -2.46. The summed E-state index contributed by atoms with van der Waals surface area (Å²) < 4.78 is 16.3. The Kier molecular flexibility index (Phi) is 8.00. The molecule has 26 heavy (non-hydrogen) atoms. The van der Waals surface area contributed by atoms with E-state index in [9.17, 15) is 4.79 Å². The van der Waals surface area contributed by atoms with Gasteiger partial charge in [-0.05, 0) is 37.1 Å². The van der Waals surface area contributed by atoms with Crippen LogP contribution in [-0.2, 0) is 11.3 Å². The summed E-state index contributed by atoms with van der Waals surface area (Å²) in [6, 6.07) is 4.30. The Morgan fingerprint density at radius 1 is 1.19 bits per heavy atom. The largest absolute Gasteiger partial charge is 0.493 e. The molecule has 1 aliphatic rings. The maximum atomic E-state index is 11.7. The van der Waals surface area contributed by atoms with Crippen LogP contribution in [0, 0.1) is 0 Å². The van der Waals surface area contributed by atoms with Crippen LogP contribution in [0.2, 0.25) is 0 Å². The minimum absolute atomic E-state index is 0.0193. The molecule has 7 nitrogen and oxygen atoms in total. The van der Waals surface area contributed by atoms with E-state index >= 15 is 0 Å². The van der Waals surface area contributed by atoms with Gasteiger partial charge in [0.15, 0.2) is 11.5 Å². The summed E-state index contributed by atoms with van der Waals surface area (Å²) in [5, 5.41) is 3.00. The molecule has 1 aliphatic heterocycles. The quantitative estimate of drug-likeness (QED) is 0.690. The van der Waals surface area contributed by atoms with Crippen LogP contribution >= 0.6 is 0 Å². The molecule has 0 aromatic heterocycles. The van der Waals surface area contributed by atoms with Crippen LogP contribution in [0.3, 0.4) is 0 Å². The highest BCUT2D eigenvalue weighted by molar-refractivity contribution is 5.76. The van der Waals surface area contributed by atoms with Crippen LogP contribution in [0.25, 0.3) is 0 Å². The van der Waals surface area contributed by atoms with Gasteiger partial charge in [0.2, 0.25) is 11.7 Å². The number of hydrogen-bond donors (Lipinski definition) is 2. The summed E-state index contributed by atoms with van der Waals surface area (Å²) in [6.07, 6.45) is 3.80. The summed E-state index contributed by atoms with van der Waals surface area (Å²) in [4.78, 5) is 14.1. The van der Waals surface area contributed by atoms with E-state index in [2.05, 4.69) is 10.2 Å². The van der Waals surface area contributed by atoms with E-state index in [-0.39, 0.29) is 5.91 Å². The third-order valence-electron chi connectivity index (χ3n) is 4.77. The first-order valence-corrected chi connectivity index (χ1v) is 9.12. The predicted octanol–water partition coefficient (Wildman–Crippen LogP) is 1.53. The maximum Gasteiger partial charge on any atom is 0.221 e. The number of methoxy groups -OCH3 is 3. The van der Waals surface area contributed by atoms with Gasteiger partial charge in [0, 0.05) is 32.1 Å². The number of nitrogens with one attached hydrogen (secondary N) is 1. The monoisotopic (exact) mass is 365 g/mol. The topological polar surface area (TPSA) is 86.1 Å². The van der Waals surface area contributed by atoms with Gasteiger partial charge in [0.25, 0.3) is 0 Å². The molecule has 1 amide bonds. The highest BCUT2D eigenvalue weighted by Crippen LogP contribution is 2.38. The van der Waals surface area contributed by atoms with E-state index < -0.39 is 0 Å². The first-order chi connectivity index (χ1) is 12.6. The number of benzene rings is 1. The van der Waals surface area contributed by atoms with Gasteiger partial charge in [-0.2, -0.15) is 0 Å². The Morgan fingerprint density at radius 2 is 1.88 bits per heavy atom. The smallest absolute Gasteiger partial charge is 0.221 e. The molecule has 0 bridgehead atoms. The lowest BCUT2D eigenvalue weighted by molar-refractivity contribution is -0.121. The van der Waals surface area contributed by atoms with E-state index in [1.165, 1.54) is 6.42 Å². The summed E-state index contributed by atoms with van der Waals surface area (Å²) in [5.74, 6) is 1.94. The van der Waals surface area contributed by atoms with Crippen LogP contribution in [0.1, 0.15) is 31.2 Å². The van der Waals surface area contributed by atoms with E-state index in [0.29, 0.717) is 42.8 Å². The highest BCUT2D eigenvalue weighted by Gasteiger charge is 2.24. The molecule has 7 heteroatoms. The normalized spacial score (nSPS) is 17.6. The number of likely N-dealkylation sites (tertiary alicyclic amines) is 1. The van der Waals surface area contributed by atoms with Crippen molar-refractivity contribution in [1.29, 1.82) is 0 Å². The molecule has 2 rings (SSSR count). The zero-order chi connectivity index (χ0) is 18.9. The van der Waals surface area contributed by atoms with Gasteiger partial charge in [-0.3, -0.25) is 9.69 Å². The number of rotatable bonds is 9. The van der Waals surface area contributed by atoms with E-state index in [1.807, 2.05) is 12.1 Å². The molecule has 0 spiro atoms. The molecule has 1 heterocycles. The van der Waals surface area contributed by atoms with Crippen molar-refractivity contribution in [2.24, 2.45) is 5.73 Å². The van der Waals surface area contributed by atoms with Gasteiger partial charge in [-0.25, -0.2) is 0 Å². The number of carbonyl (C=O) groups excluding carboxylic acids is 1. The maximum absolute atomic E-state index is 11.7. The second kappa shape index (κ2) is 10.2. The van der Waals surface area contributed by atoms with Gasteiger partial charge >= 0.3 is 0 Å². The zero-order valence-electron chi connectivity index (χ0n) is 16.0. The molecular weight excluding hydrogens is 334 g/mol. The number of hydrogen-bond acceptors (Lipinski definition) is 6. The zero-order valence-corrected chi connectivity index (χ0v) is 16.0. The summed E-state index contributed by atoms with van der Waals surface area (Å²) in [5.41, 5.74) is 6.54. The van der Waals surface area contributed by atoms with Crippen molar-refractivity contribution in [3.05, 3.63) is 17.7 Å². The van der Waals surface area contributed by atoms with Gasteiger partial charge in [-0.15, -0.1) is 0 Å². The number of ether oxygens (including phenoxy) is 3. The fraction of sp³-hybridized carbons (Fsp3) is 0.632. The number of piperidine rings is 1. The number of carbonyl (C=O) groups is 1. The van der Waals surface area contributed by atoms with Crippen LogP contribution in [-0.4, -0.2) is 57.8 Å². The summed E-state index contributed by atoms with van der Waals surface area (Å²) in [6.45, 7) is 2.82. The molecule has 1 atom stereocenters. The highest BCUT2D eigenvalue weighted by atomic mass is 16.5. The molecule has 0 aliphatic carbocycles. The van der Waals surface area contributed by atoms with Gasteiger partial charge in [0.1, 0.15) is 0 Å². The van der Waals surface area contributed by atoms with Crippen LogP contribution in [0.4, 0.5) is 0 Å². The Balaban J connectivity index is 2.10. The Labute approximate surface area is 155 Å². The standard InChI is InChI=1S/C19H31N3O4/c1-24-16-10-14(11-17(25-2)19(16)26-3)13-22-9-5-4-6-15(22)12-21-18(23)7-8-20/h10-11,15H,4-9,12-13,20H2,1-3H3,(H,21,23). The molecular formula is C19H31N3O4. The van der Waals surface area contributed by atoms with Crippen molar-refractivity contribution < 1.29 is 19.0 Å². The van der Waals surface area contributed by atoms with Crippen LogP contribution in [0.5, 0.6) is 17.2 Å². The van der Waals surface area contributed by atoms with Crippen molar-refractivity contribution in [3.8, 4) is 17.2 Å². The van der Waals surface area contributed by atoms with Gasteiger partial charge in [0.05, 0.1) is 21.3 Å². The molecule has 0 radical (unpaired) electrons. The first-order valence-electron chi connectivity index (χ1n) is 9.12. The van der Waals surface area contributed by atoms with Crippen LogP contribution in [0.15, 0.2) is 12.1 Å². The average molecular weight is 365 g/mol. The number of nitrogens with two attached hydrogens (primary N) is 1. The van der Waals surface area contributed by atoms with Crippen molar-refractivity contribution in [1.82, 2.24) is 10.2 Å². The fourth-order valence-corrected chi connectivity index (χ4v) is 3.41. The number of amides is 1. The lowest BCUT2D eigenvalue weighted by Gasteiger charge is -2.36. The van der Waals surface area contributed by atoms with Crippen molar-refractivity contribution >= 4 is 5.91 Å². The SMILES string of the molecule is COc1cc(CN2CCCCC2CNC(=O)CCN)cc(OC)c1OC. The third-order valence-corrected chi connectivity index (χ3v) is 4.77.